The van der Waals surface area contributed by atoms with Crippen LogP contribution >= 0.6 is 11.8 Å². The molecule has 0 aliphatic rings. The second kappa shape index (κ2) is 9.64. The van der Waals surface area contributed by atoms with Crippen LogP contribution in [0.25, 0.3) is 0 Å². The summed E-state index contributed by atoms with van der Waals surface area (Å²) < 4.78 is 5.48. The number of methoxy groups -OCH3 is 1. The van der Waals surface area contributed by atoms with E-state index in [-0.39, 0.29) is 0 Å². The zero-order valence-electron chi connectivity index (χ0n) is 14.4. The van der Waals surface area contributed by atoms with E-state index in [1.165, 1.54) is 28.2 Å². The summed E-state index contributed by atoms with van der Waals surface area (Å²) in [6, 6.07) is 16.9. The maximum atomic E-state index is 5.48. The number of nitrogens with zero attached hydrogens (tertiary/aromatic N) is 1. The minimum absolute atomic E-state index is 0.936. The summed E-state index contributed by atoms with van der Waals surface area (Å²) in [6.07, 6.45) is 2.39. The number of rotatable bonds is 9. The number of benzene rings is 2. The van der Waals surface area contributed by atoms with Crippen molar-refractivity contribution in [3.05, 3.63) is 54.1 Å². The van der Waals surface area contributed by atoms with Gasteiger partial charge in [-0.2, -0.15) is 0 Å². The second-order valence-corrected chi connectivity index (χ2v) is 6.72. The lowest BCUT2D eigenvalue weighted by molar-refractivity contribution is 0.265. The Balaban J connectivity index is 2.19. The van der Waals surface area contributed by atoms with Crippen LogP contribution in [0, 0.1) is 0 Å². The summed E-state index contributed by atoms with van der Waals surface area (Å²) in [6.45, 7) is 7.82. The third kappa shape index (κ3) is 5.29. The quantitative estimate of drug-likeness (QED) is 0.605. The smallest absolute Gasteiger partial charge is 0.132 e. The lowest BCUT2D eigenvalue weighted by atomic mass is 10.2. The molecule has 23 heavy (non-hydrogen) atoms. The lowest BCUT2D eigenvalue weighted by Gasteiger charge is -2.22. The van der Waals surface area contributed by atoms with Gasteiger partial charge in [0.2, 0.25) is 0 Å². The molecule has 0 saturated heterocycles. The molecule has 0 N–H and O–H groups in total. The summed E-state index contributed by atoms with van der Waals surface area (Å²) >= 11 is 1.79. The van der Waals surface area contributed by atoms with Gasteiger partial charge in [0.1, 0.15) is 5.75 Å². The summed E-state index contributed by atoms with van der Waals surface area (Å²) in [4.78, 5) is 5.02. The third-order valence-electron chi connectivity index (χ3n) is 3.74. The SMILES string of the molecule is CCCN(CCC)Cc1ccccc1Sc1ccccc1OC. The molecule has 0 atom stereocenters. The van der Waals surface area contributed by atoms with Gasteiger partial charge in [0.15, 0.2) is 0 Å². The Morgan fingerprint density at radius 3 is 2.13 bits per heavy atom. The largest absolute Gasteiger partial charge is 0.496 e. The second-order valence-electron chi connectivity index (χ2n) is 5.64. The van der Waals surface area contributed by atoms with Gasteiger partial charge in [-0.05, 0) is 49.7 Å². The van der Waals surface area contributed by atoms with Crippen LogP contribution < -0.4 is 4.74 Å². The fourth-order valence-electron chi connectivity index (χ4n) is 2.70. The first-order chi connectivity index (χ1) is 11.3. The van der Waals surface area contributed by atoms with Gasteiger partial charge in [0, 0.05) is 11.4 Å². The summed E-state index contributed by atoms with van der Waals surface area (Å²) in [5, 5.41) is 0. The van der Waals surface area contributed by atoms with E-state index >= 15 is 0 Å². The van der Waals surface area contributed by atoms with E-state index < -0.39 is 0 Å². The first-order valence-corrected chi connectivity index (χ1v) is 9.21. The first-order valence-electron chi connectivity index (χ1n) is 8.39. The van der Waals surface area contributed by atoms with Crippen molar-refractivity contribution in [2.75, 3.05) is 20.2 Å². The minimum atomic E-state index is 0.936. The zero-order valence-corrected chi connectivity index (χ0v) is 15.2. The minimum Gasteiger partial charge on any atom is -0.496 e. The Morgan fingerprint density at radius 1 is 0.870 bits per heavy atom. The van der Waals surface area contributed by atoms with E-state index in [4.69, 9.17) is 4.74 Å². The van der Waals surface area contributed by atoms with Crippen molar-refractivity contribution in [1.29, 1.82) is 0 Å². The van der Waals surface area contributed by atoms with Gasteiger partial charge in [0.25, 0.3) is 0 Å². The van der Waals surface area contributed by atoms with E-state index in [1.807, 2.05) is 12.1 Å². The Labute approximate surface area is 144 Å². The average molecular weight is 330 g/mol. The molecule has 0 aromatic heterocycles. The maximum Gasteiger partial charge on any atom is 0.132 e. The first kappa shape index (κ1) is 17.9. The summed E-state index contributed by atoms with van der Waals surface area (Å²) in [7, 11) is 1.73. The third-order valence-corrected chi connectivity index (χ3v) is 4.91. The van der Waals surface area contributed by atoms with Crippen molar-refractivity contribution < 1.29 is 4.74 Å². The highest BCUT2D eigenvalue weighted by molar-refractivity contribution is 7.99. The predicted molar refractivity (Wildman–Crippen MR) is 99.4 cm³/mol. The van der Waals surface area contributed by atoms with E-state index in [9.17, 15) is 0 Å². The molecule has 0 spiro atoms. The molecule has 0 aliphatic carbocycles. The van der Waals surface area contributed by atoms with Crippen molar-refractivity contribution in [2.24, 2.45) is 0 Å². The van der Waals surface area contributed by atoms with Crippen LogP contribution in [0.2, 0.25) is 0 Å². The standard InChI is InChI=1S/C20H27NOS/c1-4-14-21(15-5-2)16-17-10-6-8-12-19(17)23-20-13-9-7-11-18(20)22-3/h6-13H,4-5,14-16H2,1-3H3. The number of hydrogen-bond donors (Lipinski definition) is 0. The molecule has 0 amide bonds. The van der Waals surface area contributed by atoms with E-state index in [2.05, 4.69) is 55.1 Å². The normalized spacial score (nSPS) is 11.0. The monoisotopic (exact) mass is 329 g/mol. The Kier molecular flexibility index (Phi) is 7.50. The molecule has 3 heteroatoms. The molecule has 2 aromatic rings. The number of hydrogen-bond acceptors (Lipinski definition) is 3. The molecule has 0 aliphatic heterocycles. The lowest BCUT2D eigenvalue weighted by Crippen LogP contribution is -2.25. The molecular weight excluding hydrogens is 302 g/mol. The van der Waals surface area contributed by atoms with Crippen LogP contribution in [0.3, 0.4) is 0 Å². The fourth-order valence-corrected chi connectivity index (χ4v) is 3.74. The van der Waals surface area contributed by atoms with Gasteiger partial charge < -0.3 is 4.74 Å². The van der Waals surface area contributed by atoms with Crippen LogP contribution in [-0.2, 0) is 6.54 Å². The van der Waals surface area contributed by atoms with Crippen LogP contribution in [-0.4, -0.2) is 25.1 Å². The molecule has 0 fully saturated rings. The molecule has 0 bridgehead atoms. The van der Waals surface area contributed by atoms with Gasteiger partial charge >= 0.3 is 0 Å². The van der Waals surface area contributed by atoms with Gasteiger partial charge in [-0.1, -0.05) is 55.9 Å². The molecule has 2 rings (SSSR count). The van der Waals surface area contributed by atoms with Crippen molar-refractivity contribution in [3.8, 4) is 5.75 Å². The van der Waals surface area contributed by atoms with Crippen LogP contribution in [0.5, 0.6) is 5.75 Å². The zero-order chi connectivity index (χ0) is 16.5. The molecule has 0 unspecified atom stereocenters. The molecule has 0 radical (unpaired) electrons. The molecule has 2 nitrogen and oxygen atoms in total. The van der Waals surface area contributed by atoms with Crippen LogP contribution in [0.1, 0.15) is 32.3 Å². The Morgan fingerprint density at radius 2 is 1.48 bits per heavy atom. The predicted octanol–water partition coefficient (Wildman–Crippen LogP) is 5.47. The van der Waals surface area contributed by atoms with Gasteiger partial charge in [0.05, 0.1) is 12.0 Å². The van der Waals surface area contributed by atoms with Gasteiger partial charge in [-0.3, -0.25) is 4.90 Å². The molecule has 0 heterocycles. The number of para-hydroxylation sites is 1. The molecular formula is C20H27NOS. The highest BCUT2D eigenvalue weighted by atomic mass is 32.2. The topological polar surface area (TPSA) is 12.5 Å². The van der Waals surface area contributed by atoms with Gasteiger partial charge in [-0.25, -0.2) is 0 Å². The highest BCUT2D eigenvalue weighted by Gasteiger charge is 2.11. The Hall–Kier alpha value is -1.45. The highest BCUT2D eigenvalue weighted by Crippen LogP contribution is 2.36. The summed E-state index contributed by atoms with van der Waals surface area (Å²) in [5.41, 5.74) is 1.39. The van der Waals surface area contributed by atoms with E-state index in [0.29, 0.717) is 0 Å². The van der Waals surface area contributed by atoms with Crippen molar-refractivity contribution in [1.82, 2.24) is 4.90 Å². The fraction of sp³-hybridized carbons (Fsp3) is 0.400. The average Bonchev–Trinajstić information content (AvgIpc) is 2.57. The maximum absolute atomic E-state index is 5.48. The Bertz CT molecular complexity index is 594. The van der Waals surface area contributed by atoms with Crippen LogP contribution in [0.4, 0.5) is 0 Å². The van der Waals surface area contributed by atoms with Gasteiger partial charge in [-0.15, -0.1) is 0 Å². The van der Waals surface area contributed by atoms with Crippen LogP contribution in [0.15, 0.2) is 58.3 Å². The number of ether oxygens (including phenoxy) is 1. The van der Waals surface area contributed by atoms with E-state index in [1.54, 1.807) is 18.9 Å². The summed E-state index contributed by atoms with van der Waals surface area (Å²) in [5.74, 6) is 0.936. The van der Waals surface area contributed by atoms with E-state index in [0.717, 1.165) is 25.4 Å². The molecule has 0 saturated carbocycles. The van der Waals surface area contributed by atoms with Crippen molar-refractivity contribution in [2.45, 2.75) is 43.0 Å². The van der Waals surface area contributed by atoms with Crippen molar-refractivity contribution >= 4 is 11.8 Å². The molecule has 2 aromatic carbocycles. The molecule has 124 valence electrons. The van der Waals surface area contributed by atoms with Crippen molar-refractivity contribution in [3.63, 3.8) is 0 Å².